The lowest BCUT2D eigenvalue weighted by atomic mass is 9.99. The van der Waals surface area contributed by atoms with Gasteiger partial charge in [-0.2, -0.15) is 0 Å². The molecule has 17 nitrogen and oxygen atoms in total. The molecule has 0 fully saturated rings. The van der Waals surface area contributed by atoms with Crippen LogP contribution in [0, 0.1) is 23.7 Å². The van der Waals surface area contributed by atoms with Gasteiger partial charge in [0, 0.05) is 25.7 Å². The first kappa shape index (κ1) is 93.1. The normalized spacial score (nSPS) is 14.4. The molecule has 0 radical (unpaired) electrons. The monoisotopic (exact) mass is 1400 g/mol. The fourth-order valence-electron chi connectivity index (χ4n) is 11.5. The zero-order chi connectivity index (χ0) is 70.3. The van der Waals surface area contributed by atoms with Gasteiger partial charge in [0.15, 0.2) is 12.2 Å². The summed E-state index contributed by atoms with van der Waals surface area (Å²) in [7, 11) is -9.91. The molecule has 0 aliphatic rings. The van der Waals surface area contributed by atoms with Crippen LogP contribution in [0.25, 0.3) is 0 Å². The van der Waals surface area contributed by atoms with Crippen molar-refractivity contribution in [1.82, 2.24) is 0 Å². The smallest absolute Gasteiger partial charge is 0.462 e. The summed E-state index contributed by atoms with van der Waals surface area (Å²) in [5, 5.41) is 10.6. The number of aliphatic hydroxyl groups excluding tert-OH is 1. The van der Waals surface area contributed by atoms with E-state index in [-0.39, 0.29) is 25.7 Å². The van der Waals surface area contributed by atoms with Gasteiger partial charge >= 0.3 is 39.5 Å². The summed E-state index contributed by atoms with van der Waals surface area (Å²) in [6, 6.07) is 0. The van der Waals surface area contributed by atoms with Gasteiger partial charge < -0.3 is 33.8 Å². The summed E-state index contributed by atoms with van der Waals surface area (Å²) in [5.74, 6) is 0.957. The molecule has 95 heavy (non-hydrogen) atoms. The first-order chi connectivity index (χ1) is 45.6. The van der Waals surface area contributed by atoms with E-state index in [0.29, 0.717) is 25.7 Å². The molecular weight excluding hydrogens is 1250 g/mol. The summed E-state index contributed by atoms with van der Waals surface area (Å²) in [6.45, 7) is 14.2. The van der Waals surface area contributed by atoms with Gasteiger partial charge in [-0.1, -0.05) is 331 Å². The minimum absolute atomic E-state index is 0.104. The number of hydrogen-bond donors (Lipinski definition) is 3. The lowest BCUT2D eigenvalue weighted by Crippen LogP contribution is -2.30. The van der Waals surface area contributed by atoms with Crippen molar-refractivity contribution in [3.05, 3.63) is 0 Å². The number of aliphatic hydroxyl groups is 1. The first-order valence-corrected chi connectivity index (χ1v) is 42.2. The van der Waals surface area contributed by atoms with Crippen molar-refractivity contribution in [2.75, 3.05) is 39.6 Å². The van der Waals surface area contributed by atoms with E-state index in [1.807, 2.05) is 0 Å². The van der Waals surface area contributed by atoms with Crippen LogP contribution in [0.2, 0.25) is 0 Å². The Morgan fingerprint density at radius 2 is 0.505 bits per heavy atom. The third kappa shape index (κ3) is 69.0. The van der Waals surface area contributed by atoms with Gasteiger partial charge in [0.25, 0.3) is 0 Å². The molecule has 0 amide bonds. The zero-order valence-corrected chi connectivity index (χ0v) is 64.1. The molecule has 3 N–H and O–H groups in total. The largest absolute Gasteiger partial charge is 0.472 e. The minimum atomic E-state index is -4.96. The van der Waals surface area contributed by atoms with Crippen LogP contribution in [-0.4, -0.2) is 96.7 Å². The Labute approximate surface area is 581 Å². The number of phosphoric acid groups is 2. The van der Waals surface area contributed by atoms with E-state index in [1.165, 1.54) is 186 Å². The van der Waals surface area contributed by atoms with E-state index >= 15 is 0 Å². The summed E-state index contributed by atoms with van der Waals surface area (Å²) < 4.78 is 68.5. The van der Waals surface area contributed by atoms with Gasteiger partial charge in [0.2, 0.25) is 0 Å². The standard InChI is InChI=1S/C76H148O17P2/c1-9-69(8)55-47-39-31-22-16-12-10-11-13-17-23-32-40-48-56-73(78)86-62-71(92-75(80)58-50-42-34-24-18-14-15-20-28-36-44-52-66(2)3)64-90-94(82,83)88-60-70(77)61-89-95(84,85)91-65-72(63-87-74(79)57-49-41-33-27-26-30-38-46-54-68(6)7)93-76(81)59-51-43-35-25-19-21-29-37-45-53-67(4)5/h66-72,77H,9-65H2,1-8H3,(H,82,83)(H,84,85)/t69?,70?,71-,72-/m1/s1. The zero-order valence-electron chi connectivity index (χ0n) is 62.3. The van der Waals surface area contributed by atoms with E-state index in [4.69, 9.17) is 37.0 Å². The minimum Gasteiger partial charge on any atom is -0.462 e. The molecule has 0 bridgehead atoms. The van der Waals surface area contributed by atoms with E-state index in [0.717, 1.165) is 114 Å². The maximum atomic E-state index is 13.1. The van der Waals surface area contributed by atoms with Crippen molar-refractivity contribution in [3.63, 3.8) is 0 Å². The van der Waals surface area contributed by atoms with Crippen LogP contribution in [0.1, 0.15) is 383 Å². The molecular formula is C76H148O17P2. The van der Waals surface area contributed by atoms with Crippen LogP contribution in [0.5, 0.6) is 0 Å². The van der Waals surface area contributed by atoms with Gasteiger partial charge in [-0.15, -0.1) is 0 Å². The SMILES string of the molecule is CCC(C)CCCCCCCCCCCCCCCCC(=O)OC[C@H](COP(=O)(O)OCC(O)COP(=O)(O)OC[C@@H](COC(=O)CCCCCCCCCCC(C)C)OC(=O)CCCCCCCCCCCC(C)C)OC(=O)CCCCCCCCCCCCCC(C)C. The fraction of sp³-hybridized carbons (Fsp3) is 0.947. The highest BCUT2D eigenvalue weighted by Crippen LogP contribution is 2.45. The molecule has 564 valence electrons. The quantitative estimate of drug-likeness (QED) is 0.0222. The molecule has 0 saturated carbocycles. The molecule has 0 heterocycles. The van der Waals surface area contributed by atoms with Crippen molar-refractivity contribution in [3.8, 4) is 0 Å². The number of unbranched alkanes of at least 4 members (excludes halogenated alkanes) is 38. The lowest BCUT2D eigenvalue weighted by molar-refractivity contribution is -0.161. The van der Waals surface area contributed by atoms with Crippen molar-refractivity contribution in [2.45, 2.75) is 401 Å². The van der Waals surface area contributed by atoms with E-state index in [9.17, 15) is 43.2 Å². The number of ether oxygens (including phenoxy) is 4. The second-order valence-corrected chi connectivity index (χ2v) is 32.0. The summed E-state index contributed by atoms with van der Waals surface area (Å²) in [6.07, 6.45) is 49.9. The van der Waals surface area contributed by atoms with Crippen molar-refractivity contribution in [2.24, 2.45) is 23.7 Å². The Morgan fingerprint density at radius 3 is 0.747 bits per heavy atom. The molecule has 19 heteroatoms. The van der Waals surface area contributed by atoms with Gasteiger partial charge in [-0.05, 0) is 49.4 Å². The highest BCUT2D eigenvalue weighted by Gasteiger charge is 2.30. The lowest BCUT2D eigenvalue weighted by Gasteiger charge is -2.21. The van der Waals surface area contributed by atoms with Crippen LogP contribution in [-0.2, 0) is 65.4 Å². The van der Waals surface area contributed by atoms with E-state index in [1.54, 1.807) is 0 Å². The number of esters is 4. The Balaban J connectivity index is 5.24. The van der Waals surface area contributed by atoms with Crippen LogP contribution in [0.3, 0.4) is 0 Å². The summed E-state index contributed by atoms with van der Waals surface area (Å²) in [5.41, 5.74) is 0. The number of hydrogen-bond acceptors (Lipinski definition) is 15. The molecule has 0 aliphatic carbocycles. The predicted octanol–water partition coefficient (Wildman–Crippen LogP) is 22.0. The number of rotatable bonds is 73. The average molecular weight is 1400 g/mol. The van der Waals surface area contributed by atoms with Crippen molar-refractivity contribution >= 4 is 39.5 Å². The molecule has 0 aromatic rings. The average Bonchev–Trinajstić information content (AvgIpc) is 1.44. The van der Waals surface area contributed by atoms with Gasteiger partial charge in [0.05, 0.1) is 26.4 Å². The Bertz CT molecular complexity index is 1870. The molecule has 0 aromatic heterocycles. The Kier molecular flexibility index (Phi) is 64.0. The number of carbonyl (C=O) groups is 4. The van der Waals surface area contributed by atoms with Crippen LogP contribution in [0.4, 0.5) is 0 Å². The van der Waals surface area contributed by atoms with Crippen LogP contribution < -0.4 is 0 Å². The van der Waals surface area contributed by atoms with Gasteiger partial charge in [0.1, 0.15) is 19.3 Å². The molecule has 0 aliphatic heterocycles. The first-order valence-electron chi connectivity index (χ1n) is 39.2. The maximum Gasteiger partial charge on any atom is 0.472 e. The molecule has 0 saturated heterocycles. The topological polar surface area (TPSA) is 237 Å². The van der Waals surface area contributed by atoms with Crippen molar-refractivity contribution < 1.29 is 80.2 Å². The second-order valence-electron chi connectivity index (χ2n) is 29.1. The number of phosphoric ester groups is 2. The Morgan fingerprint density at radius 1 is 0.295 bits per heavy atom. The van der Waals surface area contributed by atoms with E-state index in [2.05, 4.69) is 55.4 Å². The highest BCUT2D eigenvalue weighted by molar-refractivity contribution is 7.47. The molecule has 4 unspecified atom stereocenters. The van der Waals surface area contributed by atoms with Crippen LogP contribution >= 0.6 is 15.6 Å². The number of carbonyl (C=O) groups excluding carboxylic acids is 4. The molecule has 0 spiro atoms. The molecule has 6 atom stereocenters. The Hall–Kier alpha value is -1.94. The summed E-state index contributed by atoms with van der Waals surface area (Å²) >= 11 is 0. The predicted molar refractivity (Wildman–Crippen MR) is 386 cm³/mol. The van der Waals surface area contributed by atoms with Gasteiger partial charge in [-0.25, -0.2) is 9.13 Å². The van der Waals surface area contributed by atoms with E-state index < -0.39 is 97.5 Å². The molecule has 0 aromatic carbocycles. The highest BCUT2D eigenvalue weighted by atomic mass is 31.2. The fourth-order valence-corrected chi connectivity index (χ4v) is 13.1. The summed E-state index contributed by atoms with van der Waals surface area (Å²) in [4.78, 5) is 72.8. The van der Waals surface area contributed by atoms with Gasteiger partial charge in [-0.3, -0.25) is 37.3 Å². The molecule has 0 rings (SSSR count). The van der Waals surface area contributed by atoms with Crippen LogP contribution in [0.15, 0.2) is 0 Å². The second kappa shape index (κ2) is 65.4. The van der Waals surface area contributed by atoms with Crippen molar-refractivity contribution in [1.29, 1.82) is 0 Å². The maximum absolute atomic E-state index is 13.1. The third-order valence-corrected chi connectivity index (χ3v) is 19.8. The third-order valence-electron chi connectivity index (χ3n) is 17.9.